The molecule has 3 heteroatoms. The summed E-state index contributed by atoms with van der Waals surface area (Å²) in [7, 11) is 0. The average Bonchev–Trinajstić information content (AvgIpc) is 2.02. The number of aldehydes is 1. The molecule has 11 heavy (non-hydrogen) atoms. The first-order chi connectivity index (χ1) is 6.06. The van der Waals surface area contributed by atoms with Gasteiger partial charge in [-0.2, -0.15) is 0 Å². The molecule has 0 N–H and O–H groups in total. The van der Waals surface area contributed by atoms with E-state index in [2.05, 4.69) is 4.42 Å². The Labute approximate surface area is 66.5 Å². The highest BCUT2D eigenvalue weighted by molar-refractivity contribution is 5.75. The summed E-state index contributed by atoms with van der Waals surface area (Å²) in [4.78, 5) is 21.5. The van der Waals surface area contributed by atoms with Crippen molar-refractivity contribution in [1.82, 2.24) is 0 Å². The SMILES string of the molecule is [2H]C([2H])c1cc(C)oc(=O)c1C=O. The molecule has 0 spiro atoms. The Morgan fingerprint density at radius 1 is 1.73 bits per heavy atom. The Morgan fingerprint density at radius 3 is 3.00 bits per heavy atom. The summed E-state index contributed by atoms with van der Waals surface area (Å²) in [5.74, 6) is 0.301. The highest BCUT2D eigenvalue weighted by atomic mass is 16.4. The third-order valence-electron chi connectivity index (χ3n) is 1.26. The van der Waals surface area contributed by atoms with Gasteiger partial charge in [0.25, 0.3) is 0 Å². The molecule has 1 heterocycles. The molecule has 0 amide bonds. The van der Waals surface area contributed by atoms with Crippen molar-refractivity contribution in [2.45, 2.75) is 13.8 Å². The third-order valence-corrected chi connectivity index (χ3v) is 1.26. The molecular formula is C8H8O3. The number of rotatable bonds is 1. The lowest BCUT2D eigenvalue weighted by molar-refractivity contribution is 0.111. The standard InChI is InChI=1S/C8H8O3/c1-5-3-6(2)11-8(10)7(5)4-9/h3-4H,1-2H3/i1D2. The van der Waals surface area contributed by atoms with E-state index in [4.69, 9.17) is 2.74 Å². The Bertz CT molecular complexity index is 381. The Hall–Kier alpha value is -1.38. The van der Waals surface area contributed by atoms with Crippen molar-refractivity contribution in [2.75, 3.05) is 0 Å². The molecule has 0 radical (unpaired) electrons. The lowest BCUT2D eigenvalue weighted by atomic mass is 10.2. The molecule has 0 saturated heterocycles. The summed E-state index contributed by atoms with van der Waals surface area (Å²) in [6, 6.07) is 1.36. The van der Waals surface area contributed by atoms with Gasteiger partial charge in [0.1, 0.15) is 11.3 Å². The van der Waals surface area contributed by atoms with Gasteiger partial charge in [-0.3, -0.25) is 4.79 Å². The van der Waals surface area contributed by atoms with Crippen molar-refractivity contribution in [1.29, 1.82) is 0 Å². The van der Waals surface area contributed by atoms with Crippen molar-refractivity contribution in [3.05, 3.63) is 33.4 Å². The molecule has 0 unspecified atom stereocenters. The van der Waals surface area contributed by atoms with Crippen LogP contribution in [0, 0.1) is 13.8 Å². The molecule has 0 fully saturated rings. The van der Waals surface area contributed by atoms with Gasteiger partial charge in [-0.1, -0.05) is 0 Å². The fourth-order valence-corrected chi connectivity index (χ4v) is 0.761. The summed E-state index contributed by atoms with van der Waals surface area (Å²) < 4.78 is 18.8. The smallest absolute Gasteiger partial charge is 0.346 e. The molecule has 0 aromatic carbocycles. The molecule has 0 atom stereocenters. The third kappa shape index (κ3) is 1.37. The molecule has 1 aromatic rings. The largest absolute Gasteiger partial charge is 0.428 e. The predicted octanol–water partition coefficient (Wildman–Crippen LogP) is 1.07. The predicted molar refractivity (Wildman–Crippen MR) is 39.8 cm³/mol. The quantitative estimate of drug-likeness (QED) is 0.568. The van der Waals surface area contributed by atoms with E-state index in [0.29, 0.717) is 12.0 Å². The Balaban J connectivity index is 3.47. The molecule has 0 aliphatic rings. The minimum Gasteiger partial charge on any atom is -0.428 e. The van der Waals surface area contributed by atoms with Crippen LogP contribution in [0.25, 0.3) is 0 Å². The highest BCUT2D eigenvalue weighted by Gasteiger charge is 2.03. The lowest BCUT2D eigenvalue weighted by Crippen LogP contribution is -2.08. The van der Waals surface area contributed by atoms with Gasteiger partial charge < -0.3 is 4.42 Å². The van der Waals surface area contributed by atoms with E-state index in [9.17, 15) is 9.59 Å². The van der Waals surface area contributed by atoms with Crippen LogP contribution < -0.4 is 5.63 Å². The second kappa shape index (κ2) is 2.70. The van der Waals surface area contributed by atoms with Crippen molar-refractivity contribution >= 4 is 6.29 Å². The first-order valence-corrected chi connectivity index (χ1v) is 3.00. The second-order valence-corrected chi connectivity index (χ2v) is 2.13. The lowest BCUT2D eigenvalue weighted by Gasteiger charge is -1.95. The van der Waals surface area contributed by atoms with Gasteiger partial charge in [0.2, 0.25) is 0 Å². The molecule has 1 aromatic heterocycles. The summed E-state index contributed by atoms with van der Waals surface area (Å²) in [6.45, 7) is 0.185. The molecule has 0 bridgehead atoms. The van der Waals surface area contributed by atoms with Crippen molar-refractivity contribution < 1.29 is 12.0 Å². The van der Waals surface area contributed by atoms with E-state index in [1.807, 2.05) is 0 Å². The zero-order valence-electron chi connectivity index (χ0n) is 7.96. The van der Waals surface area contributed by atoms with Gasteiger partial charge in [-0.25, -0.2) is 4.79 Å². The van der Waals surface area contributed by atoms with Gasteiger partial charge in [0.05, 0.1) is 0 Å². The van der Waals surface area contributed by atoms with Crippen molar-refractivity contribution in [3.63, 3.8) is 0 Å². The van der Waals surface area contributed by atoms with Gasteiger partial charge in [0, 0.05) is 2.74 Å². The normalized spacial score (nSPS) is 12.5. The first kappa shape index (κ1) is 5.29. The second-order valence-electron chi connectivity index (χ2n) is 2.13. The minimum absolute atomic E-state index is 0.0868. The Morgan fingerprint density at radius 2 is 2.45 bits per heavy atom. The van der Waals surface area contributed by atoms with Crippen LogP contribution in [0.1, 0.15) is 24.4 Å². The molecule has 58 valence electrons. The van der Waals surface area contributed by atoms with Crippen LogP contribution >= 0.6 is 0 Å². The van der Waals surface area contributed by atoms with E-state index in [1.165, 1.54) is 13.0 Å². The molecule has 1 rings (SSSR count). The van der Waals surface area contributed by atoms with Gasteiger partial charge in [-0.05, 0) is 25.4 Å². The maximum atomic E-state index is 11.0. The fraction of sp³-hybridized carbons (Fsp3) is 0.250. The topological polar surface area (TPSA) is 47.3 Å². The first-order valence-electron chi connectivity index (χ1n) is 4.16. The van der Waals surface area contributed by atoms with Gasteiger partial charge in [0.15, 0.2) is 6.29 Å². The Kier molecular flexibility index (Phi) is 1.30. The van der Waals surface area contributed by atoms with Gasteiger partial charge >= 0.3 is 5.63 Å². The zero-order chi connectivity index (χ0) is 10.0. The maximum absolute atomic E-state index is 11.0. The number of carbonyl (C=O) groups excluding carboxylic acids is 1. The maximum Gasteiger partial charge on any atom is 0.346 e. The van der Waals surface area contributed by atoms with Crippen LogP contribution in [-0.4, -0.2) is 6.29 Å². The number of aryl methyl sites for hydroxylation is 2. The molecular weight excluding hydrogens is 144 g/mol. The summed E-state index contributed by atoms with van der Waals surface area (Å²) in [6.07, 6.45) is 0.316. The van der Waals surface area contributed by atoms with Crippen molar-refractivity contribution in [3.8, 4) is 0 Å². The van der Waals surface area contributed by atoms with Crippen LogP contribution in [0.5, 0.6) is 0 Å². The fourth-order valence-electron chi connectivity index (χ4n) is 0.761. The monoisotopic (exact) mass is 154 g/mol. The van der Waals surface area contributed by atoms with E-state index >= 15 is 0 Å². The number of hydrogen-bond donors (Lipinski definition) is 0. The van der Waals surface area contributed by atoms with Gasteiger partial charge in [-0.15, -0.1) is 0 Å². The molecule has 0 saturated carbocycles. The van der Waals surface area contributed by atoms with Crippen LogP contribution in [0.2, 0.25) is 0 Å². The van der Waals surface area contributed by atoms with Crippen LogP contribution in [0.3, 0.4) is 0 Å². The minimum atomic E-state index is -1.34. The summed E-state index contributed by atoms with van der Waals surface area (Å²) in [5, 5.41) is 0. The van der Waals surface area contributed by atoms with Crippen LogP contribution in [0.15, 0.2) is 15.3 Å². The molecule has 0 aliphatic carbocycles. The summed E-state index contributed by atoms with van der Waals surface area (Å²) in [5.41, 5.74) is -0.932. The molecule has 0 aliphatic heterocycles. The zero-order valence-corrected chi connectivity index (χ0v) is 5.96. The number of carbonyl (C=O) groups is 1. The van der Waals surface area contributed by atoms with Crippen LogP contribution in [-0.2, 0) is 0 Å². The summed E-state index contributed by atoms with van der Waals surface area (Å²) >= 11 is 0. The highest BCUT2D eigenvalue weighted by Crippen LogP contribution is 2.02. The van der Waals surface area contributed by atoms with E-state index in [1.54, 1.807) is 0 Å². The van der Waals surface area contributed by atoms with E-state index in [-0.39, 0.29) is 11.1 Å². The average molecular weight is 154 g/mol. The van der Waals surface area contributed by atoms with Crippen LogP contribution in [0.4, 0.5) is 0 Å². The molecule has 3 nitrogen and oxygen atoms in total. The van der Waals surface area contributed by atoms with E-state index in [0.717, 1.165) is 0 Å². The van der Waals surface area contributed by atoms with E-state index < -0.39 is 12.5 Å². The number of hydrogen-bond acceptors (Lipinski definition) is 3. The van der Waals surface area contributed by atoms with Crippen molar-refractivity contribution in [2.24, 2.45) is 0 Å².